The third-order valence-electron chi connectivity index (χ3n) is 4.61. The maximum Gasteiger partial charge on any atom is 0.165 e. The molecule has 0 radical (unpaired) electrons. The third-order valence-corrected chi connectivity index (χ3v) is 6.08. The molecule has 25 heavy (non-hydrogen) atoms. The van der Waals surface area contributed by atoms with Crippen molar-refractivity contribution in [2.24, 2.45) is 0 Å². The summed E-state index contributed by atoms with van der Waals surface area (Å²) < 4.78 is 7.82. The molecule has 3 rings (SSSR count). The molecule has 0 aromatic carbocycles. The Morgan fingerprint density at radius 2 is 2.08 bits per heavy atom. The summed E-state index contributed by atoms with van der Waals surface area (Å²) in [5.41, 5.74) is 7.70. The number of aliphatic hydroxyl groups excluding tert-OH is 2. The standard InChI is InChI=1S/C17H27N4O3P/c1-5-12-20-13-10(18)6-8-19-16(13)21(12)17-15(23)14(22)11(24-17)7-9-25(2,3)4/h6,8,11,14-15,17,22-23H,2,5,7,9H2,1,3-4H3,(H2,18,19)/t11-,14-,15-,17-/m1/s1. The highest BCUT2D eigenvalue weighted by Gasteiger charge is 2.44. The molecule has 4 atom stereocenters. The van der Waals surface area contributed by atoms with E-state index in [0.717, 1.165) is 12.0 Å². The van der Waals surface area contributed by atoms with E-state index in [0.29, 0.717) is 29.7 Å². The Morgan fingerprint density at radius 1 is 1.36 bits per heavy atom. The summed E-state index contributed by atoms with van der Waals surface area (Å²) in [6.07, 6.45) is 4.88. The Kier molecular flexibility index (Phi) is 4.95. The van der Waals surface area contributed by atoms with Gasteiger partial charge in [0.15, 0.2) is 11.9 Å². The van der Waals surface area contributed by atoms with E-state index in [1.54, 1.807) is 16.8 Å². The van der Waals surface area contributed by atoms with Crippen molar-refractivity contribution in [3.8, 4) is 0 Å². The number of hydrogen-bond donors (Lipinski definition) is 3. The molecule has 2 aromatic rings. The number of anilines is 1. The summed E-state index contributed by atoms with van der Waals surface area (Å²) in [7, 11) is 0. The van der Waals surface area contributed by atoms with Gasteiger partial charge >= 0.3 is 0 Å². The van der Waals surface area contributed by atoms with Gasteiger partial charge in [0.05, 0.1) is 11.8 Å². The van der Waals surface area contributed by atoms with Gasteiger partial charge in [-0.1, -0.05) is 6.92 Å². The number of aliphatic hydroxyl groups is 2. The van der Waals surface area contributed by atoms with E-state index in [1.165, 1.54) is 0 Å². The number of nitrogen functional groups attached to an aromatic ring is 1. The average molecular weight is 366 g/mol. The monoisotopic (exact) mass is 366 g/mol. The van der Waals surface area contributed by atoms with Crippen molar-refractivity contribution in [3.05, 3.63) is 18.1 Å². The minimum atomic E-state index is -1.23. The largest absolute Gasteiger partial charge is 0.397 e. The van der Waals surface area contributed by atoms with Crippen molar-refractivity contribution in [3.63, 3.8) is 0 Å². The summed E-state index contributed by atoms with van der Waals surface area (Å²) in [5, 5.41) is 21.0. The maximum absolute atomic E-state index is 10.6. The Labute approximate surface area is 147 Å². The second kappa shape index (κ2) is 6.72. The number of fused-ring (bicyclic) bond motifs is 1. The highest BCUT2D eigenvalue weighted by atomic mass is 31.2. The van der Waals surface area contributed by atoms with Gasteiger partial charge < -0.3 is 20.7 Å². The molecule has 4 N–H and O–H groups in total. The summed E-state index contributed by atoms with van der Waals surface area (Å²) in [5.74, 6) is 0.724. The first kappa shape index (κ1) is 18.4. The maximum atomic E-state index is 10.6. The molecule has 0 saturated carbocycles. The van der Waals surface area contributed by atoms with Crippen LogP contribution in [0.1, 0.15) is 25.4 Å². The minimum absolute atomic E-state index is 0.427. The van der Waals surface area contributed by atoms with Crippen molar-refractivity contribution in [2.75, 3.05) is 25.2 Å². The van der Waals surface area contributed by atoms with Gasteiger partial charge in [0.1, 0.15) is 23.5 Å². The molecule has 1 aliphatic heterocycles. The van der Waals surface area contributed by atoms with E-state index in [4.69, 9.17) is 10.5 Å². The smallest absolute Gasteiger partial charge is 0.165 e. The fourth-order valence-electron chi connectivity index (χ4n) is 3.23. The van der Waals surface area contributed by atoms with E-state index < -0.39 is 31.4 Å². The van der Waals surface area contributed by atoms with Crippen LogP contribution in [0.15, 0.2) is 12.3 Å². The van der Waals surface area contributed by atoms with E-state index in [1.807, 2.05) is 6.92 Å². The zero-order valence-corrected chi connectivity index (χ0v) is 15.9. The second-order valence-electron chi connectivity index (χ2n) is 7.32. The second-order valence-corrected chi connectivity index (χ2v) is 11.6. The molecule has 0 bridgehead atoms. The van der Waals surface area contributed by atoms with Crippen LogP contribution >= 0.6 is 6.89 Å². The summed E-state index contributed by atoms with van der Waals surface area (Å²) in [4.78, 5) is 8.91. The van der Waals surface area contributed by atoms with Crippen LogP contribution in [0.4, 0.5) is 5.69 Å². The van der Waals surface area contributed by atoms with Crippen LogP contribution in [-0.2, 0) is 11.2 Å². The molecule has 7 nitrogen and oxygen atoms in total. The number of aryl methyl sites for hydroxylation is 1. The quantitative estimate of drug-likeness (QED) is 0.689. The molecule has 0 spiro atoms. The van der Waals surface area contributed by atoms with Crippen LogP contribution in [0.5, 0.6) is 0 Å². The average Bonchev–Trinajstić information content (AvgIpc) is 3.05. The van der Waals surface area contributed by atoms with Crippen molar-refractivity contribution in [2.45, 2.75) is 44.3 Å². The molecular formula is C17H27N4O3P. The number of rotatable bonds is 5. The van der Waals surface area contributed by atoms with Crippen LogP contribution < -0.4 is 5.73 Å². The molecule has 2 aromatic heterocycles. The lowest BCUT2D eigenvalue weighted by atomic mass is 10.1. The van der Waals surface area contributed by atoms with E-state index in [2.05, 4.69) is 29.6 Å². The van der Waals surface area contributed by atoms with Crippen LogP contribution in [0.2, 0.25) is 0 Å². The van der Waals surface area contributed by atoms with Gasteiger partial charge in [-0.3, -0.25) is 4.57 Å². The molecule has 3 heterocycles. The third kappa shape index (κ3) is 3.47. The first-order chi connectivity index (χ1) is 11.7. The number of nitrogens with zero attached hydrogens (tertiary/aromatic N) is 3. The molecular weight excluding hydrogens is 339 g/mol. The SMILES string of the molecule is C=P(C)(C)CC[C@H]1O[C@@H](n2c(CC)nc3c(N)ccnc32)[C@H](O)[C@@H]1O. The molecule has 1 aliphatic rings. The van der Waals surface area contributed by atoms with Gasteiger partial charge in [0, 0.05) is 12.6 Å². The van der Waals surface area contributed by atoms with Gasteiger partial charge in [-0.15, -0.1) is 13.2 Å². The highest BCUT2D eigenvalue weighted by molar-refractivity contribution is 7.72. The Bertz CT molecular complexity index is 816. The minimum Gasteiger partial charge on any atom is -0.397 e. The van der Waals surface area contributed by atoms with Gasteiger partial charge in [0.25, 0.3) is 0 Å². The number of aromatic nitrogens is 3. The lowest BCUT2D eigenvalue weighted by Gasteiger charge is -2.19. The molecule has 138 valence electrons. The molecule has 1 fully saturated rings. The number of ether oxygens (including phenoxy) is 1. The van der Waals surface area contributed by atoms with E-state index in [9.17, 15) is 10.2 Å². The van der Waals surface area contributed by atoms with Crippen LogP contribution in [0, 0.1) is 0 Å². The first-order valence-corrected chi connectivity index (χ1v) is 11.6. The Balaban J connectivity index is 1.95. The van der Waals surface area contributed by atoms with Crippen LogP contribution in [-0.4, -0.2) is 68.9 Å². The molecule has 0 unspecified atom stereocenters. The number of hydrogen-bond acceptors (Lipinski definition) is 6. The first-order valence-electron chi connectivity index (χ1n) is 8.53. The van der Waals surface area contributed by atoms with E-state index in [-0.39, 0.29) is 0 Å². The number of imidazole rings is 1. The predicted octanol–water partition coefficient (Wildman–Crippen LogP) is 1.29. The van der Waals surface area contributed by atoms with Gasteiger partial charge in [-0.05, 0) is 32.0 Å². The fourth-order valence-corrected chi connectivity index (χ4v) is 4.18. The Morgan fingerprint density at radius 3 is 2.72 bits per heavy atom. The van der Waals surface area contributed by atoms with Crippen molar-refractivity contribution >= 4 is 30.0 Å². The molecule has 0 aliphatic carbocycles. The topological polar surface area (TPSA) is 106 Å². The Hall–Kier alpha value is -1.40. The predicted molar refractivity (Wildman–Crippen MR) is 103 cm³/mol. The molecule has 1 saturated heterocycles. The lowest BCUT2D eigenvalue weighted by Crippen LogP contribution is -2.32. The summed E-state index contributed by atoms with van der Waals surface area (Å²) in [6.45, 7) is 5.04. The highest BCUT2D eigenvalue weighted by Crippen LogP contribution is 2.40. The molecule has 0 amide bonds. The normalized spacial score (nSPS) is 27.2. The number of pyridine rings is 1. The zero-order valence-electron chi connectivity index (χ0n) is 15.0. The zero-order chi connectivity index (χ0) is 18.4. The summed E-state index contributed by atoms with van der Waals surface area (Å²) >= 11 is 0. The van der Waals surface area contributed by atoms with Crippen LogP contribution in [0.25, 0.3) is 11.2 Å². The van der Waals surface area contributed by atoms with Crippen molar-refractivity contribution < 1.29 is 14.9 Å². The van der Waals surface area contributed by atoms with Crippen molar-refractivity contribution in [1.29, 1.82) is 0 Å². The van der Waals surface area contributed by atoms with E-state index >= 15 is 0 Å². The lowest BCUT2D eigenvalue weighted by molar-refractivity contribution is -0.0367. The van der Waals surface area contributed by atoms with Gasteiger partial charge in [-0.25, -0.2) is 9.97 Å². The molecule has 8 heteroatoms. The number of nitrogens with two attached hydrogens (primary N) is 1. The van der Waals surface area contributed by atoms with Crippen molar-refractivity contribution in [1.82, 2.24) is 14.5 Å². The van der Waals surface area contributed by atoms with Gasteiger partial charge in [0.2, 0.25) is 0 Å². The fraction of sp³-hybridized carbons (Fsp3) is 0.588. The summed E-state index contributed by atoms with van der Waals surface area (Å²) in [6, 6.07) is 1.70. The van der Waals surface area contributed by atoms with Crippen LogP contribution in [0.3, 0.4) is 0 Å². The van der Waals surface area contributed by atoms with Gasteiger partial charge in [-0.2, -0.15) is 0 Å².